The van der Waals surface area contributed by atoms with Gasteiger partial charge in [0.15, 0.2) is 0 Å². The van der Waals surface area contributed by atoms with Gasteiger partial charge >= 0.3 is 0 Å². The molecule has 0 aromatic carbocycles. The fraction of sp³-hybridized carbons (Fsp3) is 0.750. The summed E-state index contributed by atoms with van der Waals surface area (Å²) in [4.78, 5) is 49.3. The van der Waals surface area contributed by atoms with Crippen molar-refractivity contribution >= 4 is 17.8 Å². The summed E-state index contributed by atoms with van der Waals surface area (Å²) < 4.78 is 5.35. The molecule has 1 aromatic rings. The van der Waals surface area contributed by atoms with Crippen LogP contribution in [-0.2, 0) is 20.7 Å². The Labute approximate surface area is 196 Å². The van der Waals surface area contributed by atoms with Crippen molar-refractivity contribution in [3.8, 4) is 0 Å². The van der Waals surface area contributed by atoms with Crippen molar-refractivity contribution in [2.24, 2.45) is 5.92 Å². The number of carbonyl (C=O) groups excluding carboxylic acids is 2. The molecule has 2 amide bonds. The third-order valence-corrected chi connectivity index (χ3v) is 6.58. The molecule has 2 saturated heterocycles. The van der Waals surface area contributed by atoms with Crippen molar-refractivity contribution < 1.29 is 14.3 Å². The van der Waals surface area contributed by atoms with Crippen LogP contribution in [0.5, 0.6) is 0 Å². The number of amides is 2. The lowest BCUT2D eigenvalue weighted by atomic mass is 9.96. The normalized spacial score (nSPS) is 18.9. The Bertz CT molecular complexity index is 850. The number of nitrogens with zero attached hydrogens (tertiary/aromatic N) is 3. The van der Waals surface area contributed by atoms with Crippen LogP contribution in [0.25, 0.3) is 0 Å². The second kappa shape index (κ2) is 12.7. The first kappa shape index (κ1) is 25.2. The van der Waals surface area contributed by atoms with Gasteiger partial charge in [-0.15, -0.1) is 0 Å². The third kappa shape index (κ3) is 7.28. The van der Waals surface area contributed by atoms with E-state index in [2.05, 4.69) is 22.2 Å². The van der Waals surface area contributed by atoms with Crippen molar-refractivity contribution in [1.29, 1.82) is 0 Å². The van der Waals surface area contributed by atoms with E-state index < -0.39 is 0 Å². The highest BCUT2D eigenvalue weighted by atomic mass is 16.5. The van der Waals surface area contributed by atoms with Gasteiger partial charge in [0, 0.05) is 50.4 Å². The Morgan fingerprint density at radius 1 is 1.18 bits per heavy atom. The van der Waals surface area contributed by atoms with Crippen LogP contribution in [0.15, 0.2) is 4.79 Å². The predicted octanol–water partition coefficient (Wildman–Crippen LogP) is 1.78. The third-order valence-electron chi connectivity index (χ3n) is 6.58. The van der Waals surface area contributed by atoms with Crippen molar-refractivity contribution in [3.05, 3.63) is 21.6 Å². The fourth-order valence-electron chi connectivity index (χ4n) is 4.53. The van der Waals surface area contributed by atoms with E-state index in [1.54, 1.807) is 4.90 Å². The van der Waals surface area contributed by atoms with Crippen molar-refractivity contribution in [2.75, 3.05) is 50.8 Å². The van der Waals surface area contributed by atoms with Crippen LogP contribution in [0, 0.1) is 12.8 Å². The quantitative estimate of drug-likeness (QED) is 0.515. The molecule has 2 aliphatic heterocycles. The zero-order chi connectivity index (χ0) is 23.6. The number of hydrogen-bond donors (Lipinski definition) is 2. The number of ether oxygens (including phenoxy) is 1. The Kier molecular flexibility index (Phi) is 9.72. The molecule has 0 aliphatic carbocycles. The summed E-state index contributed by atoms with van der Waals surface area (Å²) in [6.45, 7) is 8.46. The molecule has 0 saturated carbocycles. The molecule has 2 fully saturated rings. The number of likely N-dealkylation sites (tertiary alicyclic amines) is 1. The second-order valence-corrected chi connectivity index (χ2v) is 9.08. The SMILES string of the molecule is CCCCCCNC(=O)C1CCCN(C(=O)CCc2c(C)nc(N3CCOCC3)[nH]c2=O)C1. The first-order chi connectivity index (χ1) is 16.0. The molecule has 3 heterocycles. The number of piperidine rings is 1. The van der Waals surface area contributed by atoms with Crippen molar-refractivity contribution in [3.63, 3.8) is 0 Å². The van der Waals surface area contributed by atoms with Gasteiger partial charge in [0.2, 0.25) is 17.8 Å². The van der Waals surface area contributed by atoms with E-state index in [0.29, 0.717) is 69.6 Å². The van der Waals surface area contributed by atoms with Gasteiger partial charge in [0.25, 0.3) is 5.56 Å². The van der Waals surface area contributed by atoms with Gasteiger partial charge < -0.3 is 19.9 Å². The number of nitrogens with one attached hydrogen (secondary N) is 2. The summed E-state index contributed by atoms with van der Waals surface area (Å²) in [5.41, 5.74) is 1.03. The number of rotatable bonds is 10. The van der Waals surface area contributed by atoms with Crippen LogP contribution in [0.2, 0.25) is 0 Å². The second-order valence-electron chi connectivity index (χ2n) is 9.08. The number of hydrogen-bond acceptors (Lipinski definition) is 6. The summed E-state index contributed by atoms with van der Waals surface area (Å²) >= 11 is 0. The topological polar surface area (TPSA) is 108 Å². The van der Waals surface area contributed by atoms with Gasteiger partial charge in [-0.05, 0) is 32.6 Å². The Morgan fingerprint density at radius 3 is 2.70 bits per heavy atom. The van der Waals surface area contributed by atoms with Gasteiger partial charge in [-0.1, -0.05) is 26.2 Å². The van der Waals surface area contributed by atoms with E-state index in [4.69, 9.17) is 4.74 Å². The zero-order valence-corrected chi connectivity index (χ0v) is 20.2. The summed E-state index contributed by atoms with van der Waals surface area (Å²) in [6, 6.07) is 0. The smallest absolute Gasteiger partial charge is 0.255 e. The Hall–Kier alpha value is -2.42. The molecule has 9 nitrogen and oxygen atoms in total. The Balaban J connectivity index is 1.49. The summed E-state index contributed by atoms with van der Waals surface area (Å²) in [5, 5.41) is 3.03. The summed E-state index contributed by atoms with van der Waals surface area (Å²) in [7, 11) is 0. The van der Waals surface area contributed by atoms with Gasteiger partial charge in [-0.3, -0.25) is 19.4 Å². The molecular weight excluding hydrogens is 422 g/mol. The average molecular weight is 462 g/mol. The molecule has 2 N–H and O–H groups in total. The van der Waals surface area contributed by atoms with E-state index in [9.17, 15) is 14.4 Å². The van der Waals surface area contributed by atoms with E-state index in [1.165, 1.54) is 12.8 Å². The molecule has 0 bridgehead atoms. The maximum Gasteiger partial charge on any atom is 0.255 e. The molecule has 2 aliphatic rings. The number of aromatic amines is 1. The molecule has 0 radical (unpaired) electrons. The first-order valence-corrected chi connectivity index (χ1v) is 12.5. The van der Waals surface area contributed by atoms with Crippen LogP contribution in [-0.4, -0.2) is 72.6 Å². The number of anilines is 1. The minimum atomic E-state index is -0.184. The van der Waals surface area contributed by atoms with Crippen LogP contribution in [0.1, 0.15) is 63.1 Å². The highest BCUT2D eigenvalue weighted by Crippen LogP contribution is 2.18. The maximum atomic E-state index is 12.8. The molecule has 1 aromatic heterocycles. The number of H-pyrrole nitrogens is 1. The van der Waals surface area contributed by atoms with Gasteiger partial charge in [-0.25, -0.2) is 4.98 Å². The highest BCUT2D eigenvalue weighted by Gasteiger charge is 2.28. The molecule has 1 unspecified atom stereocenters. The van der Waals surface area contributed by atoms with Crippen LogP contribution >= 0.6 is 0 Å². The molecule has 9 heteroatoms. The minimum Gasteiger partial charge on any atom is -0.378 e. The van der Waals surface area contributed by atoms with Gasteiger partial charge in [-0.2, -0.15) is 0 Å². The number of unbranched alkanes of at least 4 members (excludes halogenated alkanes) is 3. The van der Waals surface area contributed by atoms with E-state index in [1.807, 2.05) is 11.8 Å². The average Bonchev–Trinajstić information content (AvgIpc) is 2.83. The standard InChI is InChI=1S/C24H39N5O4/c1-3-4-5-6-11-25-22(31)19-8-7-12-29(17-19)21(30)10-9-20-18(2)26-24(27-23(20)32)28-13-15-33-16-14-28/h19H,3-17H2,1-2H3,(H,25,31)(H,26,27,32). The lowest BCUT2D eigenvalue weighted by Gasteiger charge is -2.32. The first-order valence-electron chi connectivity index (χ1n) is 12.5. The monoisotopic (exact) mass is 461 g/mol. The molecule has 3 rings (SSSR count). The van der Waals surface area contributed by atoms with E-state index in [-0.39, 0.29) is 29.7 Å². The largest absolute Gasteiger partial charge is 0.378 e. The number of aromatic nitrogens is 2. The number of aryl methyl sites for hydroxylation is 1. The predicted molar refractivity (Wildman–Crippen MR) is 127 cm³/mol. The van der Waals surface area contributed by atoms with Crippen LogP contribution in [0.3, 0.4) is 0 Å². The molecule has 1 atom stereocenters. The van der Waals surface area contributed by atoms with Gasteiger partial charge in [0.1, 0.15) is 0 Å². The summed E-state index contributed by atoms with van der Waals surface area (Å²) in [6.07, 6.45) is 6.73. The number of carbonyl (C=O) groups is 2. The minimum absolute atomic E-state index is 0.00787. The summed E-state index contributed by atoms with van der Waals surface area (Å²) in [5.74, 6) is 0.467. The van der Waals surface area contributed by atoms with Gasteiger partial charge in [0.05, 0.1) is 19.1 Å². The molecule has 33 heavy (non-hydrogen) atoms. The van der Waals surface area contributed by atoms with E-state index in [0.717, 1.165) is 25.7 Å². The van der Waals surface area contributed by atoms with Crippen molar-refractivity contribution in [1.82, 2.24) is 20.2 Å². The van der Waals surface area contributed by atoms with Crippen LogP contribution in [0.4, 0.5) is 5.95 Å². The highest BCUT2D eigenvalue weighted by molar-refractivity contribution is 5.81. The lowest BCUT2D eigenvalue weighted by molar-refractivity contribution is -0.135. The molecular formula is C24H39N5O4. The Morgan fingerprint density at radius 2 is 1.97 bits per heavy atom. The molecule has 184 valence electrons. The fourth-order valence-corrected chi connectivity index (χ4v) is 4.53. The van der Waals surface area contributed by atoms with Crippen LogP contribution < -0.4 is 15.8 Å². The van der Waals surface area contributed by atoms with E-state index >= 15 is 0 Å². The lowest BCUT2D eigenvalue weighted by Crippen LogP contribution is -2.45. The molecule has 0 spiro atoms. The zero-order valence-electron chi connectivity index (χ0n) is 20.2. The van der Waals surface area contributed by atoms with Crippen molar-refractivity contribution in [2.45, 2.75) is 65.2 Å². The maximum absolute atomic E-state index is 12.8. The number of morpholine rings is 1.